The number of esters is 3. The number of ether oxygens (including phenoxy) is 3. The van der Waals surface area contributed by atoms with Crippen LogP contribution in [0, 0.1) is 34.0 Å². The third-order valence-electron chi connectivity index (χ3n) is 10.7. The molecule has 7 nitrogen and oxygen atoms in total. The normalized spacial score (nSPS) is 39.1. The molecule has 3 saturated carbocycles. The Hall–Kier alpha value is -1.89. The molecule has 0 bridgehead atoms. The summed E-state index contributed by atoms with van der Waals surface area (Å²) in [5, 5.41) is 11.6. The maximum Gasteiger partial charge on any atom is 0.330 e. The van der Waals surface area contributed by atoms with Gasteiger partial charge in [-0.3, -0.25) is 9.59 Å². The Balaban J connectivity index is 1.83. The van der Waals surface area contributed by atoms with Crippen molar-refractivity contribution >= 4 is 17.9 Å². The zero-order valence-corrected chi connectivity index (χ0v) is 24.1. The molecule has 0 saturated heterocycles. The Morgan fingerprint density at radius 1 is 0.865 bits per heavy atom. The zero-order chi connectivity index (χ0) is 27.8. The van der Waals surface area contributed by atoms with E-state index in [4.69, 9.17) is 9.47 Å². The van der Waals surface area contributed by atoms with Gasteiger partial charge in [0.2, 0.25) is 0 Å². The summed E-state index contributed by atoms with van der Waals surface area (Å²) in [6, 6.07) is 0. The van der Waals surface area contributed by atoms with Crippen molar-refractivity contribution in [1.82, 2.24) is 0 Å². The van der Waals surface area contributed by atoms with Gasteiger partial charge in [0, 0.05) is 11.5 Å². The summed E-state index contributed by atoms with van der Waals surface area (Å²) in [6.45, 7) is 13.2. The number of hydrogen-bond donors (Lipinski definition) is 1. The Labute approximate surface area is 222 Å². The first-order chi connectivity index (χ1) is 17.1. The van der Waals surface area contributed by atoms with Crippen LogP contribution in [0.4, 0.5) is 0 Å². The number of methoxy groups -OCH3 is 2. The number of aliphatic hydroxyl groups is 1. The Bertz CT molecular complexity index is 919. The van der Waals surface area contributed by atoms with E-state index in [0.29, 0.717) is 11.8 Å². The molecule has 7 atom stereocenters. The maximum absolute atomic E-state index is 12.4. The fraction of sp³-hybridized carbons (Fsp3) is 0.833. The van der Waals surface area contributed by atoms with Crippen LogP contribution in [0.25, 0.3) is 0 Å². The summed E-state index contributed by atoms with van der Waals surface area (Å²) in [6.07, 6.45) is 8.02. The Kier molecular flexibility index (Phi) is 8.58. The van der Waals surface area contributed by atoms with Gasteiger partial charge in [-0.05, 0) is 93.8 Å². The van der Waals surface area contributed by atoms with Crippen molar-refractivity contribution < 1.29 is 33.7 Å². The summed E-state index contributed by atoms with van der Waals surface area (Å²) >= 11 is 0. The molecular formula is C30H48O7. The van der Waals surface area contributed by atoms with E-state index in [9.17, 15) is 19.5 Å². The molecule has 7 heteroatoms. The fourth-order valence-electron chi connectivity index (χ4n) is 8.91. The first-order valence-corrected chi connectivity index (χ1v) is 13.9. The summed E-state index contributed by atoms with van der Waals surface area (Å²) < 4.78 is 15.3. The molecule has 1 N–H and O–H groups in total. The summed E-state index contributed by atoms with van der Waals surface area (Å²) in [5.41, 5.74) is 0.0331. The molecule has 210 valence electrons. The Morgan fingerprint density at radius 3 is 2.11 bits per heavy atom. The van der Waals surface area contributed by atoms with Gasteiger partial charge in [0.05, 0.1) is 19.8 Å². The van der Waals surface area contributed by atoms with Gasteiger partial charge >= 0.3 is 17.9 Å². The van der Waals surface area contributed by atoms with E-state index in [-0.39, 0.29) is 40.7 Å². The van der Waals surface area contributed by atoms with Crippen LogP contribution in [-0.2, 0) is 28.6 Å². The van der Waals surface area contributed by atoms with Gasteiger partial charge < -0.3 is 19.3 Å². The van der Waals surface area contributed by atoms with Gasteiger partial charge in [-0.15, -0.1) is 0 Å². The summed E-state index contributed by atoms with van der Waals surface area (Å²) in [7, 11) is 2.66. The predicted molar refractivity (Wildman–Crippen MR) is 140 cm³/mol. The van der Waals surface area contributed by atoms with Gasteiger partial charge in [0.15, 0.2) is 0 Å². The SMILES string of the molecule is COC(=O)/C=C(\C)CC[C@H]1[C@]2(C)CCC3C(C)(C)[C@H](OC(=O)CC(=O)OC)CC[C@]3(C)[C@H]2CC[C@]1(C)O. The first kappa shape index (κ1) is 29.7. The van der Waals surface area contributed by atoms with Crippen molar-refractivity contribution in [2.75, 3.05) is 14.2 Å². The van der Waals surface area contributed by atoms with Gasteiger partial charge in [0.25, 0.3) is 0 Å². The zero-order valence-electron chi connectivity index (χ0n) is 24.1. The van der Waals surface area contributed by atoms with Gasteiger partial charge in [-0.25, -0.2) is 4.79 Å². The first-order valence-electron chi connectivity index (χ1n) is 13.9. The summed E-state index contributed by atoms with van der Waals surface area (Å²) in [5.74, 6) is -0.494. The highest BCUT2D eigenvalue weighted by Crippen LogP contribution is 2.70. The van der Waals surface area contributed by atoms with Crippen LogP contribution in [0.2, 0.25) is 0 Å². The fourth-order valence-corrected chi connectivity index (χ4v) is 8.91. The number of rotatable bonds is 7. The minimum Gasteiger partial charge on any atom is -0.469 e. The number of carbonyl (C=O) groups excluding carboxylic acids is 3. The van der Waals surface area contributed by atoms with Gasteiger partial charge in [-0.2, -0.15) is 0 Å². The van der Waals surface area contributed by atoms with Crippen LogP contribution in [-0.4, -0.2) is 48.9 Å². The predicted octanol–water partition coefficient (Wildman–Crippen LogP) is 5.38. The highest BCUT2D eigenvalue weighted by atomic mass is 16.6. The van der Waals surface area contributed by atoms with Crippen molar-refractivity contribution in [2.24, 2.45) is 34.0 Å². The van der Waals surface area contributed by atoms with Crippen LogP contribution in [0.15, 0.2) is 11.6 Å². The average molecular weight is 521 g/mol. The molecule has 3 aliphatic carbocycles. The van der Waals surface area contributed by atoms with Crippen molar-refractivity contribution in [3.8, 4) is 0 Å². The van der Waals surface area contributed by atoms with Crippen LogP contribution < -0.4 is 0 Å². The molecule has 0 aromatic rings. The van der Waals surface area contributed by atoms with E-state index >= 15 is 0 Å². The number of allylic oxidation sites excluding steroid dienone is 1. The second-order valence-corrected chi connectivity index (χ2v) is 13.2. The highest BCUT2D eigenvalue weighted by Gasteiger charge is 2.65. The molecule has 0 aromatic heterocycles. The van der Waals surface area contributed by atoms with E-state index < -0.39 is 17.5 Å². The van der Waals surface area contributed by atoms with Crippen LogP contribution in [0.5, 0.6) is 0 Å². The lowest BCUT2D eigenvalue weighted by Crippen LogP contribution is -2.64. The lowest BCUT2D eigenvalue weighted by molar-refractivity contribution is -0.231. The van der Waals surface area contributed by atoms with Crippen molar-refractivity contribution in [3.05, 3.63) is 11.6 Å². The maximum atomic E-state index is 12.4. The molecule has 3 aliphatic rings. The van der Waals surface area contributed by atoms with Gasteiger partial charge in [0.1, 0.15) is 12.5 Å². The van der Waals surface area contributed by atoms with Crippen LogP contribution >= 0.6 is 0 Å². The van der Waals surface area contributed by atoms with E-state index in [1.165, 1.54) is 14.2 Å². The van der Waals surface area contributed by atoms with Crippen molar-refractivity contribution in [3.63, 3.8) is 0 Å². The molecule has 0 spiro atoms. The second-order valence-electron chi connectivity index (χ2n) is 13.2. The molecule has 0 heterocycles. The van der Waals surface area contributed by atoms with E-state index in [2.05, 4.69) is 32.4 Å². The summed E-state index contributed by atoms with van der Waals surface area (Å²) in [4.78, 5) is 35.7. The number of carbonyl (C=O) groups is 3. The third kappa shape index (κ3) is 5.62. The van der Waals surface area contributed by atoms with Crippen molar-refractivity contribution in [2.45, 2.75) is 111 Å². The second kappa shape index (κ2) is 10.7. The lowest BCUT2D eigenvalue weighted by atomic mass is 9.37. The van der Waals surface area contributed by atoms with Crippen molar-refractivity contribution in [1.29, 1.82) is 0 Å². The molecule has 0 radical (unpaired) electrons. The van der Waals surface area contributed by atoms with E-state index in [1.54, 1.807) is 6.08 Å². The minimum absolute atomic E-state index is 0.0248. The largest absolute Gasteiger partial charge is 0.469 e. The standard InChI is InChI=1S/C30H48O7/c1-19(17-24(31)35-7)9-10-22-29(5)14-11-20-27(2,3)23(37-26(33)18-25(32)36-8)13-15-28(20,4)21(29)12-16-30(22,6)34/h17,20-23,34H,9-16,18H2,1-8H3/b19-17+/t20?,21-,22+,23-,28+,29-,30+/m1/s1. The highest BCUT2D eigenvalue weighted by molar-refractivity contribution is 5.91. The van der Waals surface area contributed by atoms with Crippen LogP contribution in [0.3, 0.4) is 0 Å². The molecular weight excluding hydrogens is 472 g/mol. The van der Waals surface area contributed by atoms with E-state index in [1.807, 2.05) is 13.8 Å². The molecule has 0 amide bonds. The topological polar surface area (TPSA) is 99.1 Å². The third-order valence-corrected chi connectivity index (χ3v) is 10.7. The molecule has 1 unspecified atom stereocenters. The number of fused-ring (bicyclic) bond motifs is 3. The Morgan fingerprint density at radius 2 is 1.49 bits per heavy atom. The smallest absolute Gasteiger partial charge is 0.330 e. The lowest BCUT2D eigenvalue weighted by Gasteiger charge is -2.68. The molecule has 37 heavy (non-hydrogen) atoms. The molecule has 3 fully saturated rings. The van der Waals surface area contributed by atoms with Gasteiger partial charge in [-0.1, -0.05) is 33.3 Å². The number of hydrogen-bond acceptors (Lipinski definition) is 7. The van der Waals surface area contributed by atoms with E-state index in [0.717, 1.165) is 56.9 Å². The molecule has 0 aliphatic heterocycles. The average Bonchev–Trinajstić information content (AvgIpc) is 2.79. The molecule has 0 aromatic carbocycles. The van der Waals surface area contributed by atoms with Crippen LogP contribution in [0.1, 0.15) is 99.3 Å². The molecule has 3 rings (SSSR count). The quantitative estimate of drug-likeness (QED) is 0.208. The monoisotopic (exact) mass is 520 g/mol. The minimum atomic E-state index is -0.754.